The SMILES string of the molecule is O=C1NC2(CO1)CN(C(=O)c1sc3cc(C(F)F)ccc3c1Cl)C2. The highest BCUT2D eigenvalue weighted by Gasteiger charge is 2.51. The van der Waals surface area contributed by atoms with Gasteiger partial charge in [-0.3, -0.25) is 4.79 Å². The highest BCUT2D eigenvalue weighted by molar-refractivity contribution is 7.21. The van der Waals surface area contributed by atoms with Gasteiger partial charge in [0.15, 0.2) is 0 Å². The second-order valence-corrected chi connectivity index (χ2v) is 7.37. The number of carbonyl (C=O) groups excluding carboxylic acids is 2. The fourth-order valence-electron chi connectivity index (χ4n) is 2.99. The molecule has 2 aromatic rings. The van der Waals surface area contributed by atoms with Crippen molar-refractivity contribution in [2.24, 2.45) is 0 Å². The third kappa shape index (κ3) is 2.32. The van der Waals surface area contributed by atoms with E-state index in [2.05, 4.69) is 5.32 Å². The Kier molecular flexibility index (Phi) is 3.43. The molecule has 0 unspecified atom stereocenters. The quantitative estimate of drug-likeness (QED) is 0.878. The summed E-state index contributed by atoms with van der Waals surface area (Å²) in [5.41, 5.74) is -0.619. The Hall–Kier alpha value is -1.93. The summed E-state index contributed by atoms with van der Waals surface area (Å²) in [5.74, 6) is -0.272. The fraction of sp³-hybridized carbons (Fsp3) is 0.333. The first-order chi connectivity index (χ1) is 11.4. The van der Waals surface area contributed by atoms with Gasteiger partial charge in [0.05, 0.1) is 5.02 Å². The number of ether oxygens (including phenoxy) is 1. The molecular formula is C15H11ClF2N2O3S. The Balaban J connectivity index is 1.59. The largest absolute Gasteiger partial charge is 0.447 e. The number of benzene rings is 1. The van der Waals surface area contributed by atoms with Gasteiger partial charge in [-0.05, 0) is 6.07 Å². The Morgan fingerprint density at radius 1 is 1.42 bits per heavy atom. The number of carbonyl (C=O) groups is 2. The van der Waals surface area contributed by atoms with E-state index in [-0.39, 0.29) is 23.1 Å². The lowest BCUT2D eigenvalue weighted by atomic mass is 9.91. The van der Waals surface area contributed by atoms with Crippen LogP contribution in [0.15, 0.2) is 18.2 Å². The Morgan fingerprint density at radius 2 is 2.17 bits per heavy atom. The number of nitrogens with zero attached hydrogens (tertiary/aromatic N) is 1. The van der Waals surface area contributed by atoms with Crippen molar-refractivity contribution in [1.29, 1.82) is 0 Å². The van der Waals surface area contributed by atoms with Crippen LogP contribution in [-0.2, 0) is 4.74 Å². The first-order valence-electron chi connectivity index (χ1n) is 7.13. The summed E-state index contributed by atoms with van der Waals surface area (Å²) in [4.78, 5) is 25.6. The van der Waals surface area contributed by atoms with Crippen LogP contribution in [-0.4, -0.2) is 42.1 Å². The number of alkyl halides is 2. The summed E-state index contributed by atoms with van der Waals surface area (Å²) >= 11 is 7.36. The monoisotopic (exact) mass is 372 g/mol. The molecule has 1 aromatic carbocycles. The maximum atomic E-state index is 12.8. The van der Waals surface area contributed by atoms with Crippen LogP contribution < -0.4 is 5.32 Å². The minimum atomic E-state index is -2.57. The van der Waals surface area contributed by atoms with Crippen molar-refractivity contribution < 1.29 is 23.1 Å². The fourth-order valence-corrected chi connectivity index (χ4v) is 4.52. The van der Waals surface area contributed by atoms with Crippen LogP contribution in [0.3, 0.4) is 0 Å². The van der Waals surface area contributed by atoms with Crippen LogP contribution in [0.2, 0.25) is 5.02 Å². The number of alkyl carbamates (subject to hydrolysis) is 1. The van der Waals surface area contributed by atoms with Gasteiger partial charge in [-0.25, -0.2) is 13.6 Å². The predicted molar refractivity (Wildman–Crippen MR) is 84.9 cm³/mol. The van der Waals surface area contributed by atoms with Crippen molar-refractivity contribution >= 4 is 45.0 Å². The molecule has 126 valence electrons. The van der Waals surface area contributed by atoms with E-state index in [1.165, 1.54) is 18.2 Å². The molecule has 2 fully saturated rings. The number of halogens is 3. The number of rotatable bonds is 2. The lowest BCUT2D eigenvalue weighted by Crippen LogP contribution is -2.69. The van der Waals surface area contributed by atoms with Crippen LogP contribution in [0.4, 0.5) is 13.6 Å². The zero-order chi connectivity index (χ0) is 17.1. The highest BCUT2D eigenvalue weighted by atomic mass is 35.5. The maximum absolute atomic E-state index is 12.8. The summed E-state index contributed by atoms with van der Waals surface area (Å²) in [5, 5.41) is 3.55. The summed E-state index contributed by atoms with van der Waals surface area (Å²) in [6.45, 7) is 0.905. The molecule has 0 aliphatic carbocycles. The molecule has 0 bridgehead atoms. The van der Waals surface area contributed by atoms with Crippen LogP contribution in [0.1, 0.15) is 21.7 Å². The smallest absolute Gasteiger partial charge is 0.407 e. The van der Waals surface area contributed by atoms with Crippen LogP contribution in [0, 0.1) is 0 Å². The van der Waals surface area contributed by atoms with E-state index >= 15 is 0 Å². The van der Waals surface area contributed by atoms with E-state index in [0.29, 0.717) is 28.1 Å². The second-order valence-electron chi connectivity index (χ2n) is 5.94. The van der Waals surface area contributed by atoms with E-state index in [1.54, 1.807) is 4.90 Å². The normalized spacial score (nSPS) is 18.8. The zero-order valence-electron chi connectivity index (χ0n) is 12.1. The van der Waals surface area contributed by atoms with Gasteiger partial charge < -0.3 is 15.0 Å². The second kappa shape index (κ2) is 5.29. The number of hydrogen-bond acceptors (Lipinski definition) is 4. The molecular weight excluding hydrogens is 362 g/mol. The lowest BCUT2D eigenvalue weighted by Gasteiger charge is -2.45. The average Bonchev–Trinajstić information content (AvgIpc) is 3.06. The minimum absolute atomic E-state index is 0.104. The number of thiophene rings is 1. The van der Waals surface area contributed by atoms with Crippen molar-refractivity contribution in [1.82, 2.24) is 10.2 Å². The molecule has 2 aliphatic heterocycles. The standard InChI is InChI=1S/C15H11ClF2N2O3S/c16-10-8-2-1-7(12(17)18)3-9(8)24-11(10)13(21)20-4-15(5-20)6-23-14(22)19-15/h1-3,12H,4-6H2,(H,19,22). The van der Waals surface area contributed by atoms with Gasteiger partial charge in [0.2, 0.25) is 0 Å². The first kappa shape index (κ1) is 15.6. The third-order valence-electron chi connectivity index (χ3n) is 4.22. The number of amides is 2. The number of nitrogens with one attached hydrogen (secondary N) is 1. The van der Waals surface area contributed by atoms with Crippen LogP contribution in [0.5, 0.6) is 0 Å². The van der Waals surface area contributed by atoms with Gasteiger partial charge in [-0.15, -0.1) is 11.3 Å². The first-order valence-corrected chi connectivity index (χ1v) is 8.32. The number of cyclic esters (lactones) is 1. The topological polar surface area (TPSA) is 58.6 Å². The van der Waals surface area contributed by atoms with Crippen molar-refractivity contribution in [2.45, 2.75) is 12.0 Å². The molecule has 0 radical (unpaired) electrons. The van der Waals surface area contributed by atoms with Crippen LogP contribution in [0.25, 0.3) is 10.1 Å². The molecule has 1 N–H and O–H groups in total. The molecule has 1 aromatic heterocycles. The molecule has 5 nitrogen and oxygen atoms in total. The average molecular weight is 373 g/mol. The van der Waals surface area contributed by atoms with Crippen molar-refractivity contribution in [3.05, 3.63) is 33.7 Å². The predicted octanol–water partition coefficient (Wildman–Crippen LogP) is 3.43. The maximum Gasteiger partial charge on any atom is 0.407 e. The molecule has 24 heavy (non-hydrogen) atoms. The third-order valence-corrected chi connectivity index (χ3v) is 5.87. The highest BCUT2D eigenvalue weighted by Crippen LogP contribution is 2.39. The molecule has 0 atom stereocenters. The Morgan fingerprint density at radius 3 is 2.79 bits per heavy atom. The Bertz CT molecular complexity index is 864. The number of hydrogen-bond donors (Lipinski definition) is 1. The molecule has 3 heterocycles. The molecule has 2 aliphatic rings. The van der Waals surface area contributed by atoms with Crippen molar-refractivity contribution in [3.8, 4) is 0 Å². The number of fused-ring (bicyclic) bond motifs is 1. The van der Waals surface area contributed by atoms with Gasteiger partial charge in [0, 0.05) is 28.7 Å². The summed E-state index contributed by atoms with van der Waals surface area (Å²) < 4.78 is 31.0. The van der Waals surface area contributed by atoms with Crippen molar-refractivity contribution in [3.63, 3.8) is 0 Å². The zero-order valence-corrected chi connectivity index (χ0v) is 13.7. The van der Waals surface area contributed by atoms with E-state index < -0.39 is 18.1 Å². The molecule has 9 heteroatoms. The van der Waals surface area contributed by atoms with E-state index in [9.17, 15) is 18.4 Å². The lowest BCUT2D eigenvalue weighted by molar-refractivity contribution is 0.0322. The Labute approximate surface area is 144 Å². The van der Waals surface area contributed by atoms with Gasteiger partial charge in [0.25, 0.3) is 12.3 Å². The summed E-state index contributed by atoms with van der Waals surface area (Å²) in [7, 11) is 0. The van der Waals surface area contributed by atoms with Crippen molar-refractivity contribution in [2.75, 3.05) is 19.7 Å². The minimum Gasteiger partial charge on any atom is -0.447 e. The summed E-state index contributed by atoms with van der Waals surface area (Å²) in [6, 6.07) is 4.18. The molecule has 2 amide bonds. The van der Waals surface area contributed by atoms with Gasteiger partial charge in [-0.2, -0.15) is 0 Å². The van der Waals surface area contributed by atoms with E-state index in [0.717, 1.165) is 11.3 Å². The van der Waals surface area contributed by atoms with E-state index in [4.69, 9.17) is 16.3 Å². The van der Waals surface area contributed by atoms with Gasteiger partial charge >= 0.3 is 6.09 Å². The molecule has 0 saturated carbocycles. The molecule has 4 rings (SSSR count). The van der Waals surface area contributed by atoms with E-state index in [1.807, 2.05) is 0 Å². The van der Waals surface area contributed by atoms with Crippen LogP contribution >= 0.6 is 22.9 Å². The van der Waals surface area contributed by atoms with Gasteiger partial charge in [0.1, 0.15) is 17.0 Å². The molecule has 2 saturated heterocycles. The molecule has 1 spiro atoms. The van der Waals surface area contributed by atoms with Gasteiger partial charge in [-0.1, -0.05) is 23.7 Å². The number of likely N-dealkylation sites (tertiary alicyclic amines) is 1. The summed E-state index contributed by atoms with van der Waals surface area (Å²) in [6.07, 6.45) is -3.06.